The van der Waals surface area contributed by atoms with E-state index >= 15 is 0 Å². The van der Waals surface area contributed by atoms with Crippen LogP contribution in [0.25, 0.3) is 26.8 Å². The number of hydrogen-bond donors (Lipinski definition) is 0. The number of nitrogens with zero attached hydrogens (tertiary/aromatic N) is 3. The molecule has 0 radical (unpaired) electrons. The molecular weight excluding hydrogens is 313 g/mol. The molecule has 0 aliphatic carbocycles. The molecule has 0 bridgehead atoms. The Bertz CT molecular complexity index is 1040. The Balaban J connectivity index is 1.87. The second-order valence-corrected chi connectivity index (χ2v) is 5.96. The van der Waals surface area contributed by atoms with E-state index in [1.54, 1.807) is 18.2 Å². The fourth-order valence-corrected chi connectivity index (χ4v) is 3.23. The normalized spacial score (nSPS) is 11.0. The van der Waals surface area contributed by atoms with Crippen LogP contribution in [0.1, 0.15) is 0 Å². The predicted molar refractivity (Wildman–Crippen MR) is 88.0 cm³/mol. The van der Waals surface area contributed by atoms with Crippen molar-refractivity contribution in [3.8, 4) is 21.8 Å². The number of fused-ring (bicyclic) bond motifs is 1. The van der Waals surface area contributed by atoms with Crippen molar-refractivity contribution in [2.24, 2.45) is 0 Å². The van der Waals surface area contributed by atoms with Crippen LogP contribution in [0.5, 0.6) is 0 Å². The second kappa shape index (κ2) is 5.40. The minimum Gasteiger partial charge on any atom is -0.267 e. The molecule has 0 aliphatic heterocycles. The van der Waals surface area contributed by atoms with Crippen LogP contribution in [0.3, 0.4) is 0 Å². The molecule has 2 heterocycles. The first kappa shape index (κ1) is 13.8. The molecule has 2 aromatic carbocycles. The molecular formula is C17H10FN3OS. The SMILES string of the molecule is O=c1cc(-c2ccccc2)sc2nc(-c3ccc(F)cc3)nn12. The molecule has 4 rings (SSSR count). The summed E-state index contributed by atoms with van der Waals surface area (Å²) in [6.07, 6.45) is 0. The van der Waals surface area contributed by atoms with E-state index in [2.05, 4.69) is 10.1 Å². The maximum absolute atomic E-state index is 13.0. The summed E-state index contributed by atoms with van der Waals surface area (Å²) in [5.41, 5.74) is 1.39. The quantitative estimate of drug-likeness (QED) is 0.566. The van der Waals surface area contributed by atoms with E-state index in [0.717, 1.165) is 10.4 Å². The van der Waals surface area contributed by atoms with E-state index in [-0.39, 0.29) is 11.4 Å². The van der Waals surface area contributed by atoms with Crippen molar-refractivity contribution in [3.05, 3.63) is 76.8 Å². The lowest BCUT2D eigenvalue weighted by Crippen LogP contribution is -2.11. The zero-order valence-corrected chi connectivity index (χ0v) is 12.6. The fourth-order valence-electron chi connectivity index (χ4n) is 2.27. The van der Waals surface area contributed by atoms with Gasteiger partial charge < -0.3 is 0 Å². The molecule has 23 heavy (non-hydrogen) atoms. The van der Waals surface area contributed by atoms with Crippen LogP contribution in [0, 0.1) is 5.82 Å². The summed E-state index contributed by atoms with van der Waals surface area (Å²) in [5, 5.41) is 4.23. The Morgan fingerprint density at radius 1 is 0.957 bits per heavy atom. The summed E-state index contributed by atoms with van der Waals surface area (Å²) in [5.74, 6) is 0.0831. The fraction of sp³-hybridized carbons (Fsp3) is 0. The molecule has 4 aromatic rings. The lowest BCUT2D eigenvalue weighted by Gasteiger charge is -1.99. The predicted octanol–water partition coefficient (Wildman–Crippen LogP) is 3.62. The van der Waals surface area contributed by atoms with Crippen molar-refractivity contribution in [3.63, 3.8) is 0 Å². The van der Waals surface area contributed by atoms with Gasteiger partial charge in [-0.3, -0.25) is 4.79 Å². The Kier molecular flexibility index (Phi) is 3.24. The van der Waals surface area contributed by atoms with Gasteiger partial charge in [0.25, 0.3) is 5.56 Å². The Labute approximate surface area is 134 Å². The van der Waals surface area contributed by atoms with Crippen LogP contribution in [0.4, 0.5) is 4.39 Å². The molecule has 0 unspecified atom stereocenters. The molecule has 0 saturated carbocycles. The number of halogens is 1. The van der Waals surface area contributed by atoms with Gasteiger partial charge in [-0.1, -0.05) is 41.7 Å². The van der Waals surface area contributed by atoms with Crippen LogP contribution in [-0.4, -0.2) is 14.6 Å². The van der Waals surface area contributed by atoms with E-state index < -0.39 is 0 Å². The smallest absolute Gasteiger partial charge is 0.267 e. The molecule has 0 amide bonds. The Hall–Kier alpha value is -2.86. The van der Waals surface area contributed by atoms with Crippen molar-refractivity contribution in [1.29, 1.82) is 0 Å². The van der Waals surface area contributed by atoms with Gasteiger partial charge in [-0.2, -0.15) is 9.50 Å². The zero-order chi connectivity index (χ0) is 15.8. The average molecular weight is 323 g/mol. The third-order valence-electron chi connectivity index (χ3n) is 3.40. The molecule has 112 valence electrons. The maximum Gasteiger partial charge on any atom is 0.275 e. The third-order valence-corrected chi connectivity index (χ3v) is 4.42. The number of rotatable bonds is 2. The highest BCUT2D eigenvalue weighted by Gasteiger charge is 2.11. The van der Waals surface area contributed by atoms with E-state index in [4.69, 9.17) is 0 Å². The number of benzene rings is 2. The monoisotopic (exact) mass is 323 g/mol. The lowest BCUT2D eigenvalue weighted by molar-refractivity contribution is 0.628. The van der Waals surface area contributed by atoms with Crippen LogP contribution in [0.15, 0.2) is 65.5 Å². The Morgan fingerprint density at radius 3 is 2.43 bits per heavy atom. The van der Waals surface area contributed by atoms with Crippen molar-refractivity contribution in [1.82, 2.24) is 14.6 Å². The third kappa shape index (κ3) is 2.53. The standard InChI is InChI=1S/C17H10FN3OS/c18-13-8-6-12(7-9-13)16-19-17-21(20-16)15(22)10-14(23-17)11-4-2-1-3-5-11/h1-10H. The summed E-state index contributed by atoms with van der Waals surface area (Å²) >= 11 is 1.39. The van der Waals surface area contributed by atoms with Crippen LogP contribution in [-0.2, 0) is 0 Å². The first-order valence-electron chi connectivity index (χ1n) is 6.93. The minimum absolute atomic E-state index is 0.238. The molecule has 0 spiro atoms. The van der Waals surface area contributed by atoms with Crippen LogP contribution >= 0.6 is 11.3 Å². The van der Waals surface area contributed by atoms with Gasteiger partial charge in [-0.05, 0) is 29.8 Å². The van der Waals surface area contributed by atoms with Gasteiger partial charge in [0, 0.05) is 16.5 Å². The maximum atomic E-state index is 13.0. The van der Waals surface area contributed by atoms with E-state index in [1.165, 1.54) is 28.0 Å². The van der Waals surface area contributed by atoms with Crippen molar-refractivity contribution >= 4 is 16.3 Å². The molecule has 0 atom stereocenters. The van der Waals surface area contributed by atoms with Crippen molar-refractivity contribution in [2.75, 3.05) is 0 Å². The highest BCUT2D eigenvalue weighted by molar-refractivity contribution is 7.19. The van der Waals surface area contributed by atoms with E-state index in [9.17, 15) is 9.18 Å². The number of aromatic nitrogens is 3. The molecule has 6 heteroatoms. The first-order valence-corrected chi connectivity index (χ1v) is 7.75. The van der Waals surface area contributed by atoms with Crippen molar-refractivity contribution < 1.29 is 4.39 Å². The lowest BCUT2D eigenvalue weighted by atomic mass is 10.2. The molecule has 0 N–H and O–H groups in total. The summed E-state index contributed by atoms with van der Waals surface area (Å²) in [4.78, 5) is 18.0. The molecule has 2 aromatic heterocycles. The summed E-state index contributed by atoms with van der Waals surface area (Å²) in [6, 6.07) is 17.1. The second-order valence-electron chi connectivity index (χ2n) is 4.95. The summed E-state index contributed by atoms with van der Waals surface area (Å²) < 4.78 is 14.3. The van der Waals surface area contributed by atoms with Gasteiger partial charge in [-0.25, -0.2) is 4.39 Å². The minimum atomic E-state index is -0.323. The highest BCUT2D eigenvalue weighted by Crippen LogP contribution is 2.25. The van der Waals surface area contributed by atoms with E-state index in [1.807, 2.05) is 30.3 Å². The van der Waals surface area contributed by atoms with Crippen LogP contribution in [0.2, 0.25) is 0 Å². The van der Waals surface area contributed by atoms with Crippen LogP contribution < -0.4 is 5.56 Å². The van der Waals surface area contributed by atoms with Crippen molar-refractivity contribution in [2.45, 2.75) is 0 Å². The van der Waals surface area contributed by atoms with Gasteiger partial charge in [0.2, 0.25) is 4.96 Å². The molecule has 0 fully saturated rings. The topological polar surface area (TPSA) is 47.3 Å². The largest absolute Gasteiger partial charge is 0.275 e. The highest BCUT2D eigenvalue weighted by atomic mass is 32.1. The molecule has 0 saturated heterocycles. The van der Waals surface area contributed by atoms with Gasteiger partial charge in [0.15, 0.2) is 5.82 Å². The number of hydrogen-bond acceptors (Lipinski definition) is 4. The first-order chi connectivity index (χ1) is 11.2. The van der Waals surface area contributed by atoms with Gasteiger partial charge in [0.1, 0.15) is 5.82 Å². The zero-order valence-electron chi connectivity index (χ0n) is 11.8. The summed E-state index contributed by atoms with van der Waals surface area (Å²) in [7, 11) is 0. The molecule has 4 nitrogen and oxygen atoms in total. The summed E-state index contributed by atoms with van der Waals surface area (Å²) in [6.45, 7) is 0. The van der Waals surface area contributed by atoms with Gasteiger partial charge in [0.05, 0.1) is 0 Å². The Morgan fingerprint density at radius 2 is 1.70 bits per heavy atom. The van der Waals surface area contributed by atoms with Gasteiger partial charge in [-0.15, -0.1) is 5.10 Å². The van der Waals surface area contributed by atoms with E-state index in [0.29, 0.717) is 16.3 Å². The molecule has 0 aliphatic rings. The van der Waals surface area contributed by atoms with Gasteiger partial charge >= 0.3 is 0 Å². The average Bonchev–Trinajstić information content (AvgIpc) is 3.01.